The van der Waals surface area contributed by atoms with E-state index in [9.17, 15) is 19.2 Å². The molecule has 10 nitrogen and oxygen atoms in total. The quantitative estimate of drug-likeness (QED) is 0.158. The number of ether oxygens (including phenoxy) is 1. The Balaban J connectivity index is 1.68. The van der Waals surface area contributed by atoms with E-state index < -0.39 is 23.8 Å². The Morgan fingerprint density at radius 3 is 2.45 bits per heavy atom. The Labute approximate surface area is 249 Å². The normalized spacial score (nSPS) is 17.9. The number of amides is 4. The molecule has 3 atom stereocenters. The van der Waals surface area contributed by atoms with E-state index in [1.165, 1.54) is 16.7 Å². The first-order valence-electron chi connectivity index (χ1n) is 13.5. The van der Waals surface area contributed by atoms with E-state index in [1.807, 2.05) is 72.8 Å². The molecule has 1 unspecified atom stereocenters. The van der Waals surface area contributed by atoms with E-state index >= 15 is 0 Å². The van der Waals surface area contributed by atoms with Gasteiger partial charge in [0.2, 0.25) is 18.2 Å². The van der Waals surface area contributed by atoms with Crippen LogP contribution in [0.15, 0.2) is 77.9 Å². The number of nitrogens with one attached hydrogen (secondary N) is 1. The number of carbonyl (C=O) groups is 4. The van der Waals surface area contributed by atoms with Crippen molar-refractivity contribution in [2.45, 2.75) is 56.8 Å². The Hall–Kier alpha value is -4.38. The molecule has 1 saturated heterocycles. The Morgan fingerprint density at radius 1 is 1.10 bits per heavy atom. The number of fused-ring (bicyclic) bond motifs is 1. The van der Waals surface area contributed by atoms with Gasteiger partial charge in [0, 0.05) is 5.75 Å². The van der Waals surface area contributed by atoms with E-state index in [0.717, 1.165) is 21.9 Å². The lowest BCUT2D eigenvalue weighted by atomic mass is 10.0. The van der Waals surface area contributed by atoms with Crippen LogP contribution in [0.5, 0.6) is 0 Å². The fourth-order valence-corrected chi connectivity index (χ4v) is 6.40. The molecule has 220 valence electrons. The van der Waals surface area contributed by atoms with E-state index in [4.69, 9.17) is 10.5 Å². The van der Waals surface area contributed by atoms with Crippen molar-refractivity contribution in [3.8, 4) is 0 Å². The highest BCUT2D eigenvalue weighted by molar-refractivity contribution is 7.99. The van der Waals surface area contributed by atoms with Crippen LogP contribution in [-0.4, -0.2) is 63.9 Å². The zero-order chi connectivity index (χ0) is 30.3. The van der Waals surface area contributed by atoms with Crippen molar-refractivity contribution < 1.29 is 23.9 Å². The van der Waals surface area contributed by atoms with Crippen molar-refractivity contribution in [3.05, 3.63) is 83.9 Å². The third-order valence-corrected chi connectivity index (χ3v) is 7.98. The number of nitrogens with two attached hydrogens (primary N) is 1. The fourth-order valence-electron chi connectivity index (χ4n) is 4.95. The SMILES string of the molecule is CC(C)(C)OC(C[C@@H](C=O)N(C=O)[C@H]1CSC(c2ccccc2)N1C(=O)Cc1cccc2ccccc12)=NNC(N)=O. The Bertz CT molecular complexity index is 1450. The molecule has 0 radical (unpaired) electrons. The molecule has 4 rings (SSSR count). The van der Waals surface area contributed by atoms with Crippen LogP contribution in [-0.2, 0) is 25.5 Å². The van der Waals surface area contributed by atoms with Crippen molar-refractivity contribution in [1.29, 1.82) is 0 Å². The Kier molecular flexibility index (Phi) is 9.84. The zero-order valence-corrected chi connectivity index (χ0v) is 24.6. The van der Waals surface area contributed by atoms with Gasteiger partial charge in [-0.3, -0.25) is 9.59 Å². The molecule has 4 amide bonds. The predicted molar refractivity (Wildman–Crippen MR) is 163 cm³/mol. The number of hydrazone groups is 1. The summed E-state index contributed by atoms with van der Waals surface area (Å²) in [5.41, 5.74) is 8.38. The molecule has 1 aliphatic rings. The molecule has 0 aromatic heterocycles. The standard InChI is InChI=1S/C31H35N5O5S/c1-31(2,3)41-26(33-34-30(32)40)17-24(18-37)35(20-38)27-19-42-29(22-11-5-4-6-12-22)36(27)28(39)16-23-14-9-13-21-10-7-8-15-25(21)23/h4-15,18,20,24,27,29H,16-17,19H2,1-3H3,(H3,32,34,40)/t24-,27+,29?/m0/s1. The van der Waals surface area contributed by atoms with Gasteiger partial charge in [-0.15, -0.1) is 16.9 Å². The number of urea groups is 1. The third kappa shape index (κ3) is 7.47. The topological polar surface area (TPSA) is 134 Å². The van der Waals surface area contributed by atoms with Crippen LogP contribution in [0.25, 0.3) is 10.8 Å². The van der Waals surface area contributed by atoms with Crippen LogP contribution < -0.4 is 11.2 Å². The second kappa shape index (κ2) is 13.5. The van der Waals surface area contributed by atoms with Gasteiger partial charge in [0.25, 0.3) is 0 Å². The molecular weight excluding hydrogens is 554 g/mol. The molecule has 1 fully saturated rings. The zero-order valence-electron chi connectivity index (χ0n) is 23.8. The van der Waals surface area contributed by atoms with Gasteiger partial charge in [-0.1, -0.05) is 72.8 Å². The van der Waals surface area contributed by atoms with Crippen LogP contribution in [0.1, 0.15) is 43.7 Å². The molecule has 3 aromatic carbocycles. The minimum Gasteiger partial charge on any atom is -0.474 e. The summed E-state index contributed by atoms with van der Waals surface area (Å²) in [6.07, 6.45) is 0.445. The largest absolute Gasteiger partial charge is 0.474 e. The fraction of sp³-hybridized carbons (Fsp3) is 0.323. The van der Waals surface area contributed by atoms with Gasteiger partial charge in [-0.05, 0) is 42.7 Å². The summed E-state index contributed by atoms with van der Waals surface area (Å²) >= 11 is 1.52. The predicted octanol–water partition coefficient (Wildman–Crippen LogP) is 4.20. The highest BCUT2D eigenvalue weighted by Crippen LogP contribution is 2.43. The van der Waals surface area contributed by atoms with Gasteiger partial charge >= 0.3 is 6.03 Å². The summed E-state index contributed by atoms with van der Waals surface area (Å²) in [6, 6.07) is 21.4. The summed E-state index contributed by atoms with van der Waals surface area (Å²) in [6.45, 7) is 5.35. The van der Waals surface area contributed by atoms with Gasteiger partial charge in [-0.2, -0.15) is 0 Å². The van der Waals surface area contributed by atoms with Gasteiger partial charge in [0.1, 0.15) is 23.4 Å². The summed E-state index contributed by atoms with van der Waals surface area (Å²) in [7, 11) is 0. The molecule has 1 aliphatic heterocycles. The number of rotatable bonds is 10. The summed E-state index contributed by atoms with van der Waals surface area (Å²) in [5.74, 6) is 0.224. The molecular formula is C31H35N5O5S. The second-order valence-corrected chi connectivity index (χ2v) is 12.0. The Morgan fingerprint density at radius 2 is 1.79 bits per heavy atom. The lowest BCUT2D eigenvalue weighted by Crippen LogP contribution is -2.54. The number of hydrogen-bond acceptors (Lipinski definition) is 7. The van der Waals surface area contributed by atoms with E-state index in [2.05, 4.69) is 10.5 Å². The molecule has 42 heavy (non-hydrogen) atoms. The van der Waals surface area contributed by atoms with Gasteiger partial charge in [0.15, 0.2) is 0 Å². The minimum absolute atomic E-state index is 0.0177. The molecule has 1 heterocycles. The number of hydrogen-bond donors (Lipinski definition) is 2. The van der Waals surface area contributed by atoms with Crippen LogP contribution in [0.4, 0.5) is 4.79 Å². The van der Waals surface area contributed by atoms with Crippen molar-refractivity contribution >= 4 is 53.1 Å². The monoisotopic (exact) mass is 589 g/mol. The first-order chi connectivity index (χ1) is 20.1. The lowest BCUT2D eigenvalue weighted by molar-refractivity contribution is -0.143. The van der Waals surface area contributed by atoms with Crippen LogP contribution >= 0.6 is 11.8 Å². The average Bonchev–Trinajstić information content (AvgIpc) is 3.40. The van der Waals surface area contributed by atoms with Crippen molar-refractivity contribution in [2.75, 3.05) is 5.75 Å². The second-order valence-electron chi connectivity index (χ2n) is 10.8. The number of carbonyl (C=O) groups excluding carboxylic acids is 4. The van der Waals surface area contributed by atoms with E-state index in [-0.39, 0.29) is 30.0 Å². The van der Waals surface area contributed by atoms with E-state index in [0.29, 0.717) is 18.4 Å². The van der Waals surface area contributed by atoms with Crippen LogP contribution in [0, 0.1) is 0 Å². The number of benzene rings is 3. The third-order valence-electron chi connectivity index (χ3n) is 6.68. The molecule has 3 aromatic rings. The first-order valence-corrected chi connectivity index (χ1v) is 14.6. The number of aldehydes is 1. The number of primary amides is 1. The minimum atomic E-state index is -1.04. The number of thioether (sulfide) groups is 1. The lowest BCUT2D eigenvalue weighted by Gasteiger charge is -2.38. The highest BCUT2D eigenvalue weighted by atomic mass is 32.2. The molecule has 3 N–H and O–H groups in total. The molecule has 11 heteroatoms. The van der Waals surface area contributed by atoms with Crippen molar-refractivity contribution in [2.24, 2.45) is 10.8 Å². The molecule has 0 bridgehead atoms. The van der Waals surface area contributed by atoms with Crippen LogP contribution in [0.2, 0.25) is 0 Å². The van der Waals surface area contributed by atoms with E-state index in [1.54, 1.807) is 25.7 Å². The first kappa shape index (κ1) is 30.6. The summed E-state index contributed by atoms with van der Waals surface area (Å²) in [5, 5.41) is 5.56. The van der Waals surface area contributed by atoms with Crippen molar-refractivity contribution in [3.63, 3.8) is 0 Å². The molecule has 0 spiro atoms. The molecule has 0 saturated carbocycles. The maximum atomic E-state index is 14.1. The van der Waals surface area contributed by atoms with Crippen LogP contribution in [0.3, 0.4) is 0 Å². The smallest absolute Gasteiger partial charge is 0.332 e. The maximum absolute atomic E-state index is 14.1. The van der Waals surface area contributed by atoms with Gasteiger partial charge in [0.05, 0.1) is 18.9 Å². The average molecular weight is 590 g/mol. The molecule has 0 aliphatic carbocycles. The summed E-state index contributed by atoms with van der Waals surface area (Å²) < 4.78 is 5.85. The number of nitrogens with zero attached hydrogens (tertiary/aromatic N) is 3. The maximum Gasteiger partial charge on any atom is 0.332 e. The van der Waals surface area contributed by atoms with Gasteiger partial charge in [-0.25, -0.2) is 10.2 Å². The van der Waals surface area contributed by atoms with Gasteiger partial charge < -0.3 is 25.1 Å². The highest BCUT2D eigenvalue weighted by Gasteiger charge is 2.43. The van der Waals surface area contributed by atoms with Crippen molar-refractivity contribution in [1.82, 2.24) is 15.2 Å². The summed E-state index contributed by atoms with van der Waals surface area (Å²) in [4.78, 5) is 53.5.